The summed E-state index contributed by atoms with van der Waals surface area (Å²) < 4.78 is 11.4. The molecule has 0 radical (unpaired) electrons. The van der Waals surface area contributed by atoms with Gasteiger partial charge in [-0.25, -0.2) is 4.99 Å². The molecular formula is C22H21BrN4O3. The van der Waals surface area contributed by atoms with Crippen molar-refractivity contribution in [2.24, 2.45) is 4.99 Å². The molecule has 7 nitrogen and oxygen atoms in total. The number of nitrogens with one attached hydrogen (secondary N) is 2. The van der Waals surface area contributed by atoms with Gasteiger partial charge >= 0.3 is 0 Å². The minimum Gasteiger partial charge on any atom is -0.497 e. The molecule has 154 valence electrons. The van der Waals surface area contributed by atoms with Crippen LogP contribution in [0, 0.1) is 0 Å². The van der Waals surface area contributed by atoms with Crippen LogP contribution in [0.15, 0.2) is 76.5 Å². The van der Waals surface area contributed by atoms with E-state index in [1.54, 1.807) is 30.6 Å². The average Bonchev–Trinajstić information content (AvgIpc) is 2.77. The van der Waals surface area contributed by atoms with Gasteiger partial charge in [-0.2, -0.15) is 0 Å². The second-order valence-electron chi connectivity index (χ2n) is 6.21. The summed E-state index contributed by atoms with van der Waals surface area (Å²) in [5, 5.41) is 5.99. The Morgan fingerprint density at radius 3 is 2.37 bits per heavy atom. The first-order valence-corrected chi connectivity index (χ1v) is 9.87. The van der Waals surface area contributed by atoms with Crippen LogP contribution in [0.3, 0.4) is 0 Å². The van der Waals surface area contributed by atoms with Crippen LogP contribution >= 0.6 is 15.9 Å². The largest absolute Gasteiger partial charge is 0.497 e. The first kappa shape index (κ1) is 21.3. The minimum atomic E-state index is -0.344. The normalized spacial score (nSPS) is 11.0. The number of hydrogen-bond acceptors (Lipinski definition) is 5. The van der Waals surface area contributed by atoms with Crippen molar-refractivity contribution < 1.29 is 14.3 Å². The number of benzene rings is 2. The molecule has 0 unspecified atom stereocenters. The number of anilines is 1. The molecule has 0 aliphatic rings. The lowest BCUT2D eigenvalue weighted by molar-refractivity contribution is 0.0976. The fraction of sp³-hybridized carbons (Fsp3) is 0.136. The van der Waals surface area contributed by atoms with Crippen LogP contribution in [0.5, 0.6) is 11.5 Å². The van der Waals surface area contributed by atoms with Crippen molar-refractivity contribution in [1.29, 1.82) is 0 Å². The zero-order valence-electron chi connectivity index (χ0n) is 16.6. The number of carbonyl (C=O) groups excluding carboxylic acids is 1. The van der Waals surface area contributed by atoms with E-state index in [1.165, 1.54) is 14.2 Å². The van der Waals surface area contributed by atoms with Crippen molar-refractivity contribution in [2.45, 2.75) is 6.54 Å². The summed E-state index contributed by atoms with van der Waals surface area (Å²) in [6.45, 7) is 0.376. The summed E-state index contributed by atoms with van der Waals surface area (Å²) in [6.07, 6.45) is 3.40. The lowest BCUT2D eigenvalue weighted by Gasteiger charge is -2.13. The maximum absolute atomic E-state index is 12.9. The fourth-order valence-electron chi connectivity index (χ4n) is 2.59. The molecule has 0 fully saturated rings. The predicted octanol–water partition coefficient (Wildman–Crippen LogP) is 4.26. The van der Waals surface area contributed by atoms with Crippen LogP contribution in [0.2, 0.25) is 0 Å². The Kier molecular flexibility index (Phi) is 7.40. The predicted molar refractivity (Wildman–Crippen MR) is 120 cm³/mol. The Hall–Kier alpha value is -3.39. The molecule has 2 aromatic carbocycles. The smallest absolute Gasteiger partial charge is 0.258 e. The highest BCUT2D eigenvalue weighted by Crippen LogP contribution is 2.22. The summed E-state index contributed by atoms with van der Waals surface area (Å²) in [7, 11) is 3.07. The number of guanidine groups is 1. The first-order chi connectivity index (χ1) is 14.6. The van der Waals surface area contributed by atoms with Crippen LogP contribution in [0.1, 0.15) is 15.9 Å². The van der Waals surface area contributed by atoms with Gasteiger partial charge in [0.05, 0.1) is 20.8 Å². The number of aromatic nitrogens is 1. The second kappa shape index (κ2) is 10.4. The molecular weight excluding hydrogens is 448 g/mol. The first-order valence-electron chi connectivity index (χ1n) is 9.08. The van der Waals surface area contributed by atoms with Crippen LogP contribution in [0.25, 0.3) is 0 Å². The van der Waals surface area contributed by atoms with Gasteiger partial charge in [0.1, 0.15) is 11.5 Å². The van der Waals surface area contributed by atoms with E-state index in [4.69, 9.17) is 9.47 Å². The van der Waals surface area contributed by atoms with Crippen molar-refractivity contribution in [3.05, 3.63) is 82.6 Å². The molecule has 0 aliphatic heterocycles. The molecule has 30 heavy (non-hydrogen) atoms. The molecule has 0 saturated carbocycles. The van der Waals surface area contributed by atoms with Gasteiger partial charge in [0, 0.05) is 34.2 Å². The quantitative estimate of drug-likeness (QED) is 0.417. The monoisotopic (exact) mass is 468 g/mol. The minimum absolute atomic E-state index is 0.316. The summed E-state index contributed by atoms with van der Waals surface area (Å²) in [5.74, 6) is 1.02. The highest BCUT2D eigenvalue weighted by atomic mass is 79.9. The van der Waals surface area contributed by atoms with E-state index in [-0.39, 0.29) is 5.91 Å². The topological polar surface area (TPSA) is 84.8 Å². The Balaban J connectivity index is 1.85. The third-order valence-electron chi connectivity index (χ3n) is 4.10. The molecule has 0 bridgehead atoms. The van der Waals surface area contributed by atoms with Gasteiger partial charge in [-0.05, 0) is 48.0 Å². The van der Waals surface area contributed by atoms with E-state index in [9.17, 15) is 4.79 Å². The van der Waals surface area contributed by atoms with Gasteiger partial charge in [-0.1, -0.05) is 22.0 Å². The number of aliphatic imine (C=N–C) groups is 1. The molecule has 1 amide bonds. The molecule has 3 rings (SSSR count). The number of amides is 1. The van der Waals surface area contributed by atoms with Crippen molar-refractivity contribution in [3.8, 4) is 11.5 Å². The molecule has 1 heterocycles. The lowest BCUT2D eigenvalue weighted by Crippen LogP contribution is -2.36. The molecule has 2 N–H and O–H groups in total. The number of pyridine rings is 1. The van der Waals surface area contributed by atoms with Gasteiger partial charge in [-0.15, -0.1) is 0 Å². The molecule has 1 aromatic heterocycles. The van der Waals surface area contributed by atoms with Crippen LogP contribution in [0.4, 0.5) is 5.69 Å². The van der Waals surface area contributed by atoms with Gasteiger partial charge in [-0.3, -0.25) is 15.1 Å². The third kappa shape index (κ3) is 6.05. The van der Waals surface area contributed by atoms with Crippen molar-refractivity contribution in [3.63, 3.8) is 0 Å². The zero-order chi connectivity index (χ0) is 21.3. The maximum atomic E-state index is 12.9. The van der Waals surface area contributed by atoms with Crippen LogP contribution < -0.4 is 20.1 Å². The standard InChI is InChI=1S/C22H21BrN4O3/c1-29-19-10-16(11-20(13-19)30-2)21(28)27-22(25-14-15-6-8-24-9-7-15)26-18-5-3-4-17(23)12-18/h3-13H,14H2,1-2H3,(H2,25,26,27,28). The Morgan fingerprint density at radius 1 is 1.03 bits per heavy atom. The second-order valence-corrected chi connectivity index (χ2v) is 7.13. The molecule has 3 aromatic rings. The van der Waals surface area contributed by atoms with Gasteiger partial charge in [0.25, 0.3) is 5.91 Å². The summed E-state index contributed by atoms with van der Waals surface area (Å²) in [4.78, 5) is 21.4. The highest BCUT2D eigenvalue weighted by Gasteiger charge is 2.13. The molecule has 0 spiro atoms. The van der Waals surface area contributed by atoms with E-state index in [0.29, 0.717) is 29.6 Å². The highest BCUT2D eigenvalue weighted by molar-refractivity contribution is 9.10. The Bertz CT molecular complexity index is 1020. The van der Waals surface area contributed by atoms with Crippen molar-refractivity contribution >= 4 is 33.5 Å². The van der Waals surface area contributed by atoms with E-state index in [2.05, 4.69) is 36.5 Å². The number of halogens is 1. The van der Waals surface area contributed by atoms with Crippen molar-refractivity contribution in [1.82, 2.24) is 10.3 Å². The third-order valence-corrected chi connectivity index (χ3v) is 4.60. The summed E-state index contributed by atoms with van der Waals surface area (Å²) in [5.41, 5.74) is 2.14. The molecule has 0 atom stereocenters. The average molecular weight is 469 g/mol. The zero-order valence-corrected chi connectivity index (χ0v) is 18.1. The van der Waals surface area contributed by atoms with E-state index < -0.39 is 0 Å². The summed E-state index contributed by atoms with van der Waals surface area (Å²) >= 11 is 3.45. The Labute approximate surface area is 183 Å². The van der Waals surface area contributed by atoms with Gasteiger partial charge < -0.3 is 14.8 Å². The number of methoxy groups -OCH3 is 2. The van der Waals surface area contributed by atoms with Gasteiger partial charge in [0.15, 0.2) is 0 Å². The van der Waals surface area contributed by atoms with E-state index in [1.807, 2.05) is 36.4 Å². The number of hydrogen-bond donors (Lipinski definition) is 2. The molecule has 8 heteroatoms. The number of nitrogens with zero attached hydrogens (tertiary/aromatic N) is 2. The summed E-state index contributed by atoms with van der Waals surface area (Å²) in [6, 6.07) is 16.3. The Morgan fingerprint density at radius 2 is 1.73 bits per heavy atom. The number of carbonyl (C=O) groups is 1. The van der Waals surface area contributed by atoms with Crippen LogP contribution in [-0.2, 0) is 6.54 Å². The van der Waals surface area contributed by atoms with E-state index in [0.717, 1.165) is 15.7 Å². The lowest BCUT2D eigenvalue weighted by atomic mass is 10.2. The SMILES string of the molecule is COc1cc(OC)cc(C(=O)NC(=NCc2ccncc2)Nc2cccc(Br)c2)c1. The van der Waals surface area contributed by atoms with Crippen molar-refractivity contribution in [2.75, 3.05) is 19.5 Å². The maximum Gasteiger partial charge on any atom is 0.258 e. The van der Waals surface area contributed by atoms with Crippen LogP contribution in [-0.4, -0.2) is 31.1 Å². The number of rotatable bonds is 6. The number of ether oxygens (including phenoxy) is 2. The van der Waals surface area contributed by atoms with Gasteiger partial charge in [0.2, 0.25) is 5.96 Å². The fourth-order valence-corrected chi connectivity index (χ4v) is 2.99. The molecule has 0 aliphatic carbocycles. The van der Waals surface area contributed by atoms with E-state index >= 15 is 0 Å². The molecule has 0 saturated heterocycles.